The van der Waals surface area contributed by atoms with Crippen LogP contribution in [0.25, 0.3) is 32.9 Å². The molecule has 3 unspecified atom stereocenters. The maximum absolute atomic E-state index is 17.1. The van der Waals surface area contributed by atoms with E-state index in [0.29, 0.717) is 6.07 Å². The summed E-state index contributed by atoms with van der Waals surface area (Å²) in [5.41, 5.74) is 2.87. The highest BCUT2D eigenvalue weighted by Crippen LogP contribution is 2.48. The zero-order valence-corrected chi connectivity index (χ0v) is 30.3. The van der Waals surface area contributed by atoms with Gasteiger partial charge in [0.05, 0.1) is 29.3 Å². The molecule has 4 N–H and O–H groups in total. The number of allylic oxidation sites excluding steroid dienone is 1. The van der Waals surface area contributed by atoms with E-state index in [1.807, 2.05) is 31.9 Å². The van der Waals surface area contributed by atoms with Gasteiger partial charge >= 0.3 is 6.18 Å². The van der Waals surface area contributed by atoms with E-state index in [1.165, 1.54) is 23.2 Å². The number of alkyl halides is 4. The second-order valence-corrected chi connectivity index (χ2v) is 13.4. The van der Waals surface area contributed by atoms with Gasteiger partial charge in [-0.3, -0.25) is 9.78 Å². The summed E-state index contributed by atoms with van der Waals surface area (Å²) in [7, 11) is 1.89. The molecule has 1 aliphatic heterocycles. The summed E-state index contributed by atoms with van der Waals surface area (Å²) >= 11 is 0. The second-order valence-electron chi connectivity index (χ2n) is 13.4. The van der Waals surface area contributed by atoms with E-state index in [1.54, 1.807) is 6.92 Å². The fraction of sp³-hybridized carbons (Fsp3) is 0.421. The number of piperidine rings is 1. The zero-order chi connectivity index (χ0) is 39.5. The van der Waals surface area contributed by atoms with Gasteiger partial charge in [-0.25, -0.2) is 24.0 Å². The summed E-state index contributed by atoms with van der Waals surface area (Å²) in [6, 6.07) is 5.86. The molecule has 2 aromatic carbocycles. The maximum atomic E-state index is 17.1. The van der Waals surface area contributed by atoms with Crippen LogP contribution in [0.4, 0.5) is 37.7 Å². The summed E-state index contributed by atoms with van der Waals surface area (Å²) in [6.45, 7) is 5.60. The third kappa shape index (κ3) is 7.88. The van der Waals surface area contributed by atoms with Crippen molar-refractivity contribution in [2.75, 3.05) is 37.6 Å². The first-order valence-corrected chi connectivity index (χ1v) is 17.5. The van der Waals surface area contributed by atoms with Crippen LogP contribution in [0.5, 0.6) is 5.88 Å². The van der Waals surface area contributed by atoms with Crippen LogP contribution in [-0.2, 0) is 11.0 Å². The van der Waals surface area contributed by atoms with Crippen molar-refractivity contribution in [1.82, 2.24) is 19.8 Å². The highest BCUT2D eigenvalue weighted by atomic mass is 19.4. The highest BCUT2D eigenvalue weighted by molar-refractivity contribution is 6.04. The molecule has 16 heteroatoms. The molecule has 10 nitrogen and oxygen atoms in total. The number of nitrogens with two attached hydrogens (primary N) is 2. The van der Waals surface area contributed by atoms with Crippen LogP contribution in [0.2, 0.25) is 0 Å². The fourth-order valence-electron chi connectivity index (χ4n) is 7.02. The molecule has 0 bridgehead atoms. The van der Waals surface area contributed by atoms with Gasteiger partial charge in [0, 0.05) is 58.8 Å². The number of rotatable bonds is 12. The molecule has 5 rings (SSSR count). The molecule has 0 spiro atoms. The minimum atomic E-state index is -5.13. The van der Waals surface area contributed by atoms with E-state index in [4.69, 9.17) is 16.3 Å². The Hall–Kier alpha value is -5.14. The van der Waals surface area contributed by atoms with Crippen molar-refractivity contribution in [2.24, 2.45) is 5.84 Å². The third-order valence-corrected chi connectivity index (χ3v) is 10.0. The van der Waals surface area contributed by atoms with E-state index >= 15 is 17.6 Å². The van der Waals surface area contributed by atoms with Gasteiger partial charge in [-0.1, -0.05) is 6.92 Å². The number of halogens is 6. The first-order valence-electron chi connectivity index (χ1n) is 17.5. The third-order valence-electron chi connectivity index (χ3n) is 10.0. The van der Waals surface area contributed by atoms with Crippen LogP contribution in [0.3, 0.4) is 0 Å². The van der Waals surface area contributed by atoms with Crippen molar-refractivity contribution in [3.8, 4) is 23.1 Å². The number of hydrazine groups is 1. The largest absolute Gasteiger partial charge is 0.471 e. The first kappa shape index (κ1) is 40.1. The molecular formula is C38H42F6N8O2. The SMILES string of the molecule is CCCN(C)C(C)C(C)Oc1nc2c(F)c(-c3ccc(F)c4cccnc34)c(C(F)(F)F)cc2c(N(N)C2CCN(C(=O)/C=C/CF)[C@H](CC#N)C2)c1N. The highest BCUT2D eigenvalue weighted by Gasteiger charge is 2.40. The maximum Gasteiger partial charge on any atom is 0.417 e. The summed E-state index contributed by atoms with van der Waals surface area (Å²) in [6.07, 6.45) is -1.36. The first-order chi connectivity index (χ1) is 25.6. The number of amides is 1. The Morgan fingerprint density at radius 3 is 2.61 bits per heavy atom. The molecule has 1 aliphatic rings. The average Bonchev–Trinajstić information content (AvgIpc) is 3.14. The van der Waals surface area contributed by atoms with E-state index in [0.717, 1.165) is 42.3 Å². The van der Waals surface area contributed by atoms with Crippen LogP contribution in [0.1, 0.15) is 52.0 Å². The number of nitriles is 1. The van der Waals surface area contributed by atoms with Crippen molar-refractivity contribution in [2.45, 2.75) is 76.9 Å². The van der Waals surface area contributed by atoms with Crippen molar-refractivity contribution in [1.29, 1.82) is 5.26 Å². The van der Waals surface area contributed by atoms with Crippen molar-refractivity contribution in [3.63, 3.8) is 0 Å². The molecule has 3 heterocycles. The smallest absolute Gasteiger partial charge is 0.417 e. The van der Waals surface area contributed by atoms with Crippen LogP contribution in [0, 0.1) is 23.0 Å². The Morgan fingerprint density at radius 2 is 1.94 bits per heavy atom. The minimum Gasteiger partial charge on any atom is -0.471 e. The van der Waals surface area contributed by atoms with Gasteiger partial charge in [0.25, 0.3) is 0 Å². The molecule has 1 amide bonds. The normalized spacial score (nSPS) is 17.6. The molecule has 54 heavy (non-hydrogen) atoms. The Labute approximate surface area is 308 Å². The monoisotopic (exact) mass is 756 g/mol. The lowest BCUT2D eigenvalue weighted by molar-refractivity contribution is -0.137. The topological polar surface area (TPSA) is 138 Å². The van der Waals surface area contributed by atoms with Crippen LogP contribution in [0.15, 0.2) is 48.7 Å². The molecule has 0 radical (unpaired) electrons. The number of ether oxygens (including phenoxy) is 1. The molecule has 2 aromatic heterocycles. The van der Waals surface area contributed by atoms with Gasteiger partial charge in [-0.2, -0.15) is 18.4 Å². The lowest BCUT2D eigenvalue weighted by Crippen LogP contribution is -2.54. The lowest BCUT2D eigenvalue weighted by atomic mass is 9.92. The fourth-order valence-corrected chi connectivity index (χ4v) is 7.02. The summed E-state index contributed by atoms with van der Waals surface area (Å²) < 4.78 is 96.1. The van der Waals surface area contributed by atoms with E-state index in [-0.39, 0.29) is 71.0 Å². The predicted molar refractivity (Wildman–Crippen MR) is 195 cm³/mol. The Morgan fingerprint density at radius 1 is 1.20 bits per heavy atom. The molecule has 1 saturated heterocycles. The van der Waals surface area contributed by atoms with E-state index < -0.39 is 65.2 Å². The molecule has 1 fully saturated rings. The number of nitrogens with zero attached hydrogens (tertiary/aromatic N) is 6. The molecule has 0 aliphatic carbocycles. The van der Waals surface area contributed by atoms with Crippen molar-refractivity contribution in [3.05, 3.63) is 65.9 Å². The number of carbonyl (C=O) groups is 1. The summed E-state index contributed by atoms with van der Waals surface area (Å²) in [4.78, 5) is 24.8. The minimum absolute atomic E-state index is 0.0711. The number of anilines is 2. The molecule has 4 atom stereocenters. The molecular weight excluding hydrogens is 714 g/mol. The predicted octanol–water partition coefficient (Wildman–Crippen LogP) is 7.31. The van der Waals surface area contributed by atoms with Gasteiger partial charge in [0.1, 0.15) is 29.8 Å². The number of likely N-dealkylation sites (tertiary alicyclic amines) is 1. The Bertz CT molecular complexity index is 2090. The number of hydrogen-bond acceptors (Lipinski definition) is 9. The quantitative estimate of drug-likeness (QED) is 0.0660. The lowest BCUT2D eigenvalue weighted by Gasteiger charge is -2.42. The van der Waals surface area contributed by atoms with Gasteiger partial charge in [-0.15, -0.1) is 0 Å². The number of nitrogen functional groups attached to an aromatic ring is 1. The van der Waals surface area contributed by atoms with E-state index in [9.17, 15) is 18.8 Å². The van der Waals surface area contributed by atoms with Crippen LogP contribution < -0.4 is 21.3 Å². The summed E-state index contributed by atoms with van der Waals surface area (Å²) in [5, 5.41) is 10.2. The zero-order valence-electron chi connectivity index (χ0n) is 30.3. The van der Waals surface area contributed by atoms with Gasteiger partial charge < -0.3 is 25.3 Å². The summed E-state index contributed by atoms with van der Waals surface area (Å²) in [5.74, 6) is 3.82. The number of benzene rings is 2. The van der Waals surface area contributed by atoms with Crippen LogP contribution >= 0.6 is 0 Å². The van der Waals surface area contributed by atoms with Gasteiger partial charge in [0.2, 0.25) is 11.8 Å². The average molecular weight is 757 g/mol. The molecule has 4 aromatic rings. The van der Waals surface area contributed by atoms with Crippen LogP contribution in [-0.4, -0.2) is 76.7 Å². The number of pyridine rings is 2. The number of carbonyl (C=O) groups excluding carboxylic acids is 1. The van der Waals surface area contributed by atoms with Crippen molar-refractivity contribution < 1.29 is 35.9 Å². The Balaban J connectivity index is 1.75. The Kier molecular flexibility index (Phi) is 12.2. The van der Waals surface area contributed by atoms with E-state index in [2.05, 4.69) is 9.97 Å². The number of hydrogen-bond donors (Lipinski definition) is 2. The second kappa shape index (κ2) is 16.5. The van der Waals surface area contributed by atoms with Gasteiger partial charge in [0.15, 0.2) is 5.82 Å². The molecule has 288 valence electrons. The number of aromatic nitrogens is 2. The molecule has 0 saturated carbocycles. The number of likely N-dealkylation sites (N-methyl/N-ethyl adjacent to an activating group) is 1. The van der Waals surface area contributed by atoms with Crippen molar-refractivity contribution >= 4 is 39.1 Å². The van der Waals surface area contributed by atoms with Gasteiger partial charge in [-0.05, 0) is 83.1 Å². The standard InChI is InChI=1S/C38H42F6N8O2/c1-5-17-50(4)21(2)22(3)54-37-33(46)36(52(47)24-13-18-51(23(19-24)12-15-45)30(53)9-6-14-39)27-20-28(38(42,43)44)31(32(41)35(27)49-37)26-10-11-29(40)25-8-7-16-48-34(25)26/h6-11,16,20-24H,5,12-14,17-19,46-47H2,1-4H3/b9-6+/t21?,22?,23-,24?/m1/s1. The number of fused-ring (bicyclic) bond motifs is 2.